The third-order valence-corrected chi connectivity index (χ3v) is 2.18. The first-order valence-electron chi connectivity index (χ1n) is 3.67. The molecule has 1 rings (SSSR count). The zero-order valence-corrected chi connectivity index (χ0v) is 9.59. The van der Waals surface area contributed by atoms with E-state index in [0.717, 1.165) is 12.1 Å². The van der Waals surface area contributed by atoms with Crippen LogP contribution in [0.1, 0.15) is 0 Å². The number of halogens is 7. The monoisotopic (exact) mass is 321 g/mol. The zero-order valence-electron chi connectivity index (χ0n) is 7.25. The average molecular weight is 322 g/mol. The summed E-state index contributed by atoms with van der Waals surface area (Å²) in [6, 6.07) is 1.56. The quantitative estimate of drug-likeness (QED) is 0.531. The molecular weight excluding hydrogens is 320 g/mol. The third kappa shape index (κ3) is 3.15. The van der Waals surface area contributed by atoms with E-state index >= 15 is 0 Å². The maximum Gasteiger partial charge on any atom is 0.444 e. The van der Waals surface area contributed by atoms with Crippen molar-refractivity contribution in [3.05, 3.63) is 28.2 Å². The molecule has 0 unspecified atom stereocenters. The molecule has 0 bridgehead atoms. The predicted octanol–water partition coefficient (Wildman–Crippen LogP) is 4.56. The minimum Gasteiger partial charge on any atom is -0.226 e. The summed E-state index contributed by atoms with van der Waals surface area (Å²) >= 11 is 7.52. The second-order valence-electron chi connectivity index (χ2n) is 2.62. The third-order valence-electron chi connectivity index (χ3n) is 1.43. The number of hydrogen-bond donors (Lipinski definition) is 0. The summed E-state index contributed by atoms with van der Waals surface area (Å²) in [5.41, 5.74) is -1.08. The summed E-state index contributed by atoms with van der Waals surface area (Å²) in [5, 5.41) is -1.84. The Balaban J connectivity index is 3.26. The minimum absolute atomic E-state index is 0.0459. The fraction of sp³-hybridized carbons (Fsp3) is 0.125. The van der Waals surface area contributed by atoms with Crippen molar-refractivity contribution < 1.29 is 22.0 Å². The number of hydrogen-bond acceptors (Lipinski definition) is 1. The molecule has 0 aromatic heterocycles. The first-order chi connectivity index (χ1) is 7.21. The lowest BCUT2D eigenvalue weighted by atomic mass is 10.3. The molecule has 88 valence electrons. The Labute approximate surface area is 100 Å². The maximum absolute atomic E-state index is 13.1. The standard InChI is InChI=1S/C8H2BrClF5N/c9-3-1-4(11)6(5(12)2-3)16-7(10)8(13,14)15/h1-2H. The van der Waals surface area contributed by atoms with Gasteiger partial charge in [-0.15, -0.1) is 0 Å². The molecule has 0 saturated heterocycles. The molecule has 8 heteroatoms. The maximum atomic E-state index is 13.1. The first kappa shape index (κ1) is 13.4. The van der Waals surface area contributed by atoms with Gasteiger partial charge in [0.15, 0.2) is 11.6 Å². The highest BCUT2D eigenvalue weighted by Crippen LogP contribution is 2.29. The van der Waals surface area contributed by atoms with Crippen molar-refractivity contribution in [2.45, 2.75) is 6.18 Å². The number of alkyl halides is 3. The topological polar surface area (TPSA) is 12.4 Å². The van der Waals surface area contributed by atoms with Crippen molar-refractivity contribution >= 4 is 38.4 Å². The minimum atomic E-state index is -4.94. The summed E-state index contributed by atoms with van der Waals surface area (Å²) in [5.74, 6) is -2.48. The Bertz CT molecular complexity index is 420. The van der Waals surface area contributed by atoms with Gasteiger partial charge in [0, 0.05) is 4.47 Å². The fourth-order valence-electron chi connectivity index (χ4n) is 0.803. The first-order valence-corrected chi connectivity index (χ1v) is 4.85. The number of benzene rings is 1. The van der Waals surface area contributed by atoms with Crippen molar-refractivity contribution in [3.63, 3.8) is 0 Å². The van der Waals surface area contributed by atoms with Crippen molar-refractivity contribution in [1.82, 2.24) is 0 Å². The summed E-state index contributed by atoms with van der Waals surface area (Å²) < 4.78 is 62.0. The second-order valence-corrected chi connectivity index (χ2v) is 3.89. The number of rotatable bonds is 1. The van der Waals surface area contributed by atoms with Gasteiger partial charge >= 0.3 is 6.18 Å². The van der Waals surface area contributed by atoms with Gasteiger partial charge < -0.3 is 0 Å². The van der Waals surface area contributed by atoms with Crippen LogP contribution >= 0.6 is 27.5 Å². The lowest BCUT2D eigenvalue weighted by molar-refractivity contribution is -0.0558. The average Bonchev–Trinajstić information content (AvgIpc) is 2.08. The molecule has 0 N–H and O–H groups in total. The van der Waals surface area contributed by atoms with Crippen molar-refractivity contribution in [2.75, 3.05) is 0 Å². The molecule has 0 aliphatic heterocycles. The smallest absolute Gasteiger partial charge is 0.226 e. The normalized spacial score (nSPS) is 13.1. The van der Waals surface area contributed by atoms with Crippen LogP contribution in [0.3, 0.4) is 0 Å². The van der Waals surface area contributed by atoms with Crippen LogP contribution in [0, 0.1) is 11.6 Å². The molecule has 0 atom stereocenters. The van der Waals surface area contributed by atoms with Gasteiger partial charge in [-0.1, -0.05) is 27.5 Å². The highest BCUT2D eigenvalue weighted by atomic mass is 79.9. The van der Waals surface area contributed by atoms with Crippen LogP contribution in [0.2, 0.25) is 0 Å². The van der Waals surface area contributed by atoms with Crippen molar-refractivity contribution in [1.29, 1.82) is 0 Å². The van der Waals surface area contributed by atoms with Gasteiger partial charge in [-0.05, 0) is 12.1 Å². The van der Waals surface area contributed by atoms with Gasteiger partial charge in [0.1, 0.15) is 5.69 Å². The van der Waals surface area contributed by atoms with Crippen LogP contribution in [0.4, 0.5) is 27.6 Å². The van der Waals surface area contributed by atoms with Gasteiger partial charge in [0.25, 0.3) is 0 Å². The summed E-state index contributed by atoms with van der Waals surface area (Å²) in [4.78, 5) is 2.66. The molecule has 0 spiro atoms. The van der Waals surface area contributed by atoms with Crippen LogP contribution in [-0.4, -0.2) is 11.3 Å². The van der Waals surface area contributed by atoms with E-state index in [4.69, 9.17) is 11.6 Å². The van der Waals surface area contributed by atoms with Crippen LogP contribution < -0.4 is 0 Å². The summed E-state index contributed by atoms with van der Waals surface area (Å²) in [6.45, 7) is 0. The van der Waals surface area contributed by atoms with Crippen LogP contribution in [0.25, 0.3) is 0 Å². The molecule has 0 fully saturated rings. The molecule has 0 radical (unpaired) electrons. The lowest BCUT2D eigenvalue weighted by Crippen LogP contribution is -2.16. The molecule has 16 heavy (non-hydrogen) atoms. The highest BCUT2D eigenvalue weighted by Gasteiger charge is 2.35. The Morgan fingerprint density at radius 3 is 2.00 bits per heavy atom. The van der Waals surface area contributed by atoms with E-state index in [2.05, 4.69) is 20.9 Å². The molecule has 0 aliphatic carbocycles. The van der Waals surface area contributed by atoms with E-state index in [0.29, 0.717) is 0 Å². The molecule has 1 aromatic rings. The van der Waals surface area contributed by atoms with Gasteiger partial charge in [-0.3, -0.25) is 0 Å². The Kier molecular flexibility index (Phi) is 3.90. The summed E-state index contributed by atoms with van der Waals surface area (Å²) in [7, 11) is 0. The predicted molar refractivity (Wildman–Crippen MR) is 53.1 cm³/mol. The summed E-state index contributed by atoms with van der Waals surface area (Å²) in [6.07, 6.45) is -4.94. The molecule has 1 nitrogen and oxygen atoms in total. The van der Waals surface area contributed by atoms with Crippen LogP contribution in [0.15, 0.2) is 21.6 Å². The van der Waals surface area contributed by atoms with Gasteiger partial charge in [0.2, 0.25) is 5.17 Å². The molecule has 0 aliphatic rings. The molecule has 0 saturated carbocycles. The molecule has 1 aromatic carbocycles. The largest absolute Gasteiger partial charge is 0.444 e. The van der Waals surface area contributed by atoms with E-state index in [1.165, 1.54) is 0 Å². The number of nitrogens with zero attached hydrogens (tertiary/aromatic N) is 1. The SMILES string of the molecule is Fc1cc(Br)cc(F)c1N=C(Cl)C(F)(F)F. The van der Waals surface area contributed by atoms with Crippen molar-refractivity contribution in [3.8, 4) is 0 Å². The second kappa shape index (κ2) is 4.67. The van der Waals surface area contributed by atoms with Crippen LogP contribution in [0.5, 0.6) is 0 Å². The van der Waals surface area contributed by atoms with Crippen molar-refractivity contribution in [2.24, 2.45) is 4.99 Å². The Morgan fingerprint density at radius 1 is 1.19 bits per heavy atom. The van der Waals surface area contributed by atoms with E-state index in [1.54, 1.807) is 0 Å². The van der Waals surface area contributed by atoms with E-state index < -0.39 is 28.7 Å². The van der Waals surface area contributed by atoms with E-state index in [1.807, 2.05) is 0 Å². The molecule has 0 amide bonds. The zero-order chi connectivity index (χ0) is 12.5. The van der Waals surface area contributed by atoms with E-state index in [-0.39, 0.29) is 4.47 Å². The van der Waals surface area contributed by atoms with Crippen LogP contribution in [-0.2, 0) is 0 Å². The van der Waals surface area contributed by atoms with Gasteiger partial charge in [0.05, 0.1) is 0 Å². The van der Waals surface area contributed by atoms with Gasteiger partial charge in [-0.2, -0.15) is 13.2 Å². The van der Waals surface area contributed by atoms with E-state index in [9.17, 15) is 22.0 Å². The Morgan fingerprint density at radius 2 is 1.62 bits per heavy atom. The molecular formula is C8H2BrClF5N. The fourth-order valence-corrected chi connectivity index (χ4v) is 1.29. The highest BCUT2D eigenvalue weighted by molar-refractivity contribution is 9.10. The lowest BCUT2D eigenvalue weighted by Gasteiger charge is -2.04. The number of aliphatic imine (C=N–C) groups is 1. The Hall–Kier alpha value is -0.690. The van der Waals surface area contributed by atoms with Gasteiger partial charge in [-0.25, -0.2) is 13.8 Å². The molecule has 0 heterocycles.